The Hall–Kier alpha value is -2.75. The van der Waals surface area contributed by atoms with E-state index in [1.54, 1.807) is 0 Å². The molecular weight excluding hydrogens is 251 g/mol. The van der Waals surface area contributed by atoms with Crippen molar-refractivity contribution in [3.63, 3.8) is 0 Å². The average molecular weight is 260 g/mol. The molecule has 0 aliphatic carbocycles. The maximum atomic E-state index is 13.4. The van der Waals surface area contributed by atoms with Gasteiger partial charge in [-0.3, -0.25) is 10.1 Å². The van der Waals surface area contributed by atoms with E-state index < -0.39 is 10.7 Å². The van der Waals surface area contributed by atoms with Gasteiger partial charge in [-0.15, -0.1) is 0 Å². The number of nitro groups is 1. The highest BCUT2D eigenvalue weighted by Gasteiger charge is 2.22. The van der Waals surface area contributed by atoms with Gasteiger partial charge in [0.05, 0.1) is 22.2 Å². The summed E-state index contributed by atoms with van der Waals surface area (Å²) in [6.45, 7) is 3.03. The second kappa shape index (κ2) is 4.49. The third kappa shape index (κ3) is 2.15. The van der Waals surface area contributed by atoms with Gasteiger partial charge in [0.25, 0.3) is 0 Å². The summed E-state index contributed by atoms with van der Waals surface area (Å²) in [5, 5.41) is 23.7. The van der Waals surface area contributed by atoms with E-state index in [-0.39, 0.29) is 28.3 Å². The minimum absolute atomic E-state index is 0.109. The minimum Gasteiger partial charge on any atom is -0.258 e. The van der Waals surface area contributed by atoms with E-state index in [4.69, 9.17) is 5.26 Å². The Morgan fingerprint density at radius 1 is 1.42 bits per heavy atom. The van der Waals surface area contributed by atoms with E-state index >= 15 is 0 Å². The van der Waals surface area contributed by atoms with Gasteiger partial charge in [-0.25, -0.2) is 9.07 Å². The van der Waals surface area contributed by atoms with Gasteiger partial charge in [0.2, 0.25) is 0 Å². The molecule has 0 spiro atoms. The number of halogens is 1. The predicted molar refractivity (Wildman–Crippen MR) is 64.4 cm³/mol. The van der Waals surface area contributed by atoms with Crippen molar-refractivity contribution in [2.24, 2.45) is 0 Å². The van der Waals surface area contributed by atoms with Crippen molar-refractivity contribution in [2.45, 2.75) is 13.8 Å². The van der Waals surface area contributed by atoms with Crippen LogP contribution >= 0.6 is 0 Å². The van der Waals surface area contributed by atoms with Crippen LogP contribution in [0.5, 0.6) is 0 Å². The summed E-state index contributed by atoms with van der Waals surface area (Å²) in [5.41, 5.74) is 0.834. The highest BCUT2D eigenvalue weighted by molar-refractivity contribution is 5.48. The fourth-order valence-corrected chi connectivity index (χ4v) is 1.91. The van der Waals surface area contributed by atoms with E-state index in [9.17, 15) is 14.5 Å². The second-order valence-corrected chi connectivity index (χ2v) is 4.00. The third-order valence-corrected chi connectivity index (χ3v) is 2.69. The van der Waals surface area contributed by atoms with Crippen molar-refractivity contribution in [3.8, 4) is 11.8 Å². The normalized spacial score (nSPS) is 10.2. The second-order valence-electron chi connectivity index (χ2n) is 4.00. The van der Waals surface area contributed by atoms with E-state index in [1.165, 1.54) is 30.7 Å². The van der Waals surface area contributed by atoms with Crippen LogP contribution in [0.25, 0.3) is 5.69 Å². The van der Waals surface area contributed by atoms with E-state index in [1.807, 2.05) is 6.07 Å². The van der Waals surface area contributed by atoms with Crippen LogP contribution in [0.2, 0.25) is 0 Å². The number of aryl methyl sites for hydroxylation is 1. The number of rotatable bonds is 2. The van der Waals surface area contributed by atoms with Crippen LogP contribution < -0.4 is 0 Å². The van der Waals surface area contributed by atoms with Gasteiger partial charge >= 0.3 is 5.69 Å². The van der Waals surface area contributed by atoms with Gasteiger partial charge < -0.3 is 0 Å². The Balaban J connectivity index is 2.67. The lowest BCUT2D eigenvalue weighted by Crippen LogP contribution is -2.01. The van der Waals surface area contributed by atoms with E-state index in [2.05, 4.69) is 5.10 Å². The van der Waals surface area contributed by atoms with Crippen LogP contribution in [0.4, 0.5) is 10.1 Å². The van der Waals surface area contributed by atoms with Crippen molar-refractivity contribution < 1.29 is 9.31 Å². The maximum Gasteiger partial charge on any atom is 0.313 e. The zero-order valence-electron chi connectivity index (χ0n) is 10.2. The van der Waals surface area contributed by atoms with Crippen molar-refractivity contribution in [2.75, 3.05) is 0 Å². The van der Waals surface area contributed by atoms with Gasteiger partial charge in [-0.05, 0) is 32.0 Å². The first-order chi connectivity index (χ1) is 8.93. The van der Waals surface area contributed by atoms with E-state index in [0.717, 1.165) is 6.07 Å². The summed E-state index contributed by atoms with van der Waals surface area (Å²) in [6, 6.07) is 5.51. The first-order valence-electron chi connectivity index (χ1n) is 5.35. The zero-order valence-corrected chi connectivity index (χ0v) is 10.2. The minimum atomic E-state index is -0.593. The first-order valence-corrected chi connectivity index (χ1v) is 5.35. The van der Waals surface area contributed by atoms with Crippen molar-refractivity contribution in [1.82, 2.24) is 9.78 Å². The molecule has 1 aromatic carbocycles. The average Bonchev–Trinajstić information content (AvgIpc) is 2.63. The van der Waals surface area contributed by atoms with Crippen molar-refractivity contribution in [3.05, 3.63) is 51.1 Å². The SMILES string of the molecule is Cc1nn(-c2cc(F)cc(C#N)c2)c(C)c1[N+](=O)[O-]. The molecule has 2 aromatic rings. The molecular formula is C12H9FN4O2. The Labute approximate surface area is 107 Å². The Kier molecular flexibility index (Phi) is 3.00. The first kappa shape index (κ1) is 12.7. The molecule has 0 aliphatic heterocycles. The lowest BCUT2D eigenvalue weighted by molar-refractivity contribution is -0.386. The summed E-state index contributed by atoms with van der Waals surface area (Å²) in [4.78, 5) is 10.4. The molecule has 0 atom stereocenters. The van der Waals surface area contributed by atoms with Gasteiger partial charge in [0.15, 0.2) is 0 Å². The van der Waals surface area contributed by atoms with Crippen molar-refractivity contribution in [1.29, 1.82) is 5.26 Å². The number of benzene rings is 1. The van der Waals surface area contributed by atoms with Crippen LogP contribution in [0.15, 0.2) is 18.2 Å². The van der Waals surface area contributed by atoms with Crippen LogP contribution in [0.1, 0.15) is 17.0 Å². The molecule has 1 aromatic heterocycles. The number of aromatic nitrogens is 2. The van der Waals surface area contributed by atoms with Gasteiger partial charge in [-0.1, -0.05) is 0 Å². The van der Waals surface area contributed by atoms with E-state index in [0.29, 0.717) is 0 Å². The summed E-state index contributed by atoms with van der Waals surface area (Å²) in [5.74, 6) is -0.593. The Bertz CT molecular complexity index is 715. The molecule has 0 N–H and O–H groups in total. The van der Waals surface area contributed by atoms with Crippen LogP contribution in [-0.4, -0.2) is 14.7 Å². The molecule has 0 amide bonds. The fraction of sp³-hybridized carbons (Fsp3) is 0.167. The molecule has 96 valence electrons. The summed E-state index contributed by atoms with van der Waals surface area (Å²) in [7, 11) is 0. The monoisotopic (exact) mass is 260 g/mol. The highest BCUT2D eigenvalue weighted by atomic mass is 19.1. The molecule has 0 radical (unpaired) electrons. The predicted octanol–water partition coefficient (Wildman–Crippen LogP) is 2.41. The zero-order chi connectivity index (χ0) is 14.2. The number of nitriles is 1. The van der Waals surface area contributed by atoms with Gasteiger partial charge in [-0.2, -0.15) is 10.4 Å². The summed E-state index contributed by atoms with van der Waals surface area (Å²) >= 11 is 0. The standard InChI is InChI=1S/C12H9FN4O2/c1-7-12(17(18)19)8(2)16(15-7)11-4-9(6-14)3-10(13)5-11/h3-5H,1-2H3. The molecule has 2 rings (SSSR count). The Morgan fingerprint density at radius 3 is 2.63 bits per heavy atom. The Morgan fingerprint density at radius 2 is 2.11 bits per heavy atom. The van der Waals surface area contributed by atoms with Gasteiger partial charge in [0.1, 0.15) is 17.2 Å². The quantitative estimate of drug-likeness (QED) is 0.613. The molecule has 0 fully saturated rings. The molecule has 0 saturated heterocycles. The smallest absolute Gasteiger partial charge is 0.258 e. The van der Waals surface area contributed by atoms with Crippen LogP contribution in [0.3, 0.4) is 0 Å². The number of hydrogen-bond acceptors (Lipinski definition) is 4. The summed E-state index contributed by atoms with van der Waals surface area (Å²) < 4.78 is 14.6. The molecule has 0 unspecified atom stereocenters. The molecule has 1 heterocycles. The highest BCUT2D eigenvalue weighted by Crippen LogP contribution is 2.25. The molecule has 0 bridgehead atoms. The number of nitrogens with zero attached hydrogens (tertiary/aromatic N) is 4. The molecule has 19 heavy (non-hydrogen) atoms. The molecule has 0 aliphatic rings. The number of hydrogen-bond donors (Lipinski definition) is 0. The van der Waals surface area contributed by atoms with Gasteiger partial charge in [0, 0.05) is 0 Å². The molecule has 0 saturated carbocycles. The fourth-order valence-electron chi connectivity index (χ4n) is 1.91. The summed E-state index contributed by atoms with van der Waals surface area (Å²) in [6.07, 6.45) is 0. The lowest BCUT2D eigenvalue weighted by atomic mass is 10.2. The van der Waals surface area contributed by atoms with Crippen molar-refractivity contribution >= 4 is 5.69 Å². The van der Waals surface area contributed by atoms with Crippen LogP contribution in [-0.2, 0) is 0 Å². The third-order valence-electron chi connectivity index (χ3n) is 2.69. The largest absolute Gasteiger partial charge is 0.313 e. The maximum absolute atomic E-state index is 13.4. The molecule has 6 nitrogen and oxygen atoms in total. The topological polar surface area (TPSA) is 84.8 Å². The molecule has 7 heteroatoms. The lowest BCUT2D eigenvalue weighted by Gasteiger charge is -2.04. The van der Waals surface area contributed by atoms with Crippen LogP contribution in [0, 0.1) is 41.1 Å².